The van der Waals surface area contributed by atoms with Gasteiger partial charge in [-0.15, -0.1) is 0 Å². The number of carbonyl (C=O) groups excluding carboxylic acids is 1. The molecule has 0 spiro atoms. The second kappa shape index (κ2) is 5.40. The standard InChI is InChI=1S/C10H8FIN4O2/c11-8-3-6(1-2-9(8)12)16-7(4-14-15-13)5-18-10(16)17/h1-3,7H,4-5H2/t7-/m1/s1. The molecule has 1 aromatic carbocycles. The third-order valence-corrected chi connectivity index (χ3v) is 3.37. The predicted octanol–water partition coefficient (Wildman–Crippen LogP) is 3.07. The van der Waals surface area contributed by atoms with Crippen LogP contribution in [0.3, 0.4) is 0 Å². The number of rotatable bonds is 3. The molecule has 0 bridgehead atoms. The molecule has 0 radical (unpaired) electrons. The van der Waals surface area contributed by atoms with Gasteiger partial charge in [0.15, 0.2) is 0 Å². The highest BCUT2D eigenvalue weighted by atomic mass is 127. The van der Waals surface area contributed by atoms with Crippen molar-refractivity contribution in [2.45, 2.75) is 6.04 Å². The lowest BCUT2D eigenvalue weighted by Crippen LogP contribution is -2.35. The number of amides is 1. The van der Waals surface area contributed by atoms with E-state index in [1.165, 1.54) is 11.0 Å². The average molecular weight is 362 g/mol. The van der Waals surface area contributed by atoms with Crippen LogP contribution in [0.2, 0.25) is 0 Å². The summed E-state index contributed by atoms with van der Waals surface area (Å²) in [5.41, 5.74) is 8.68. The Morgan fingerprint density at radius 3 is 3.11 bits per heavy atom. The maximum atomic E-state index is 13.5. The van der Waals surface area contributed by atoms with Crippen molar-refractivity contribution in [3.05, 3.63) is 38.0 Å². The molecular formula is C10H8FIN4O2. The fourth-order valence-corrected chi connectivity index (χ4v) is 2.01. The van der Waals surface area contributed by atoms with Crippen molar-refractivity contribution in [1.29, 1.82) is 0 Å². The van der Waals surface area contributed by atoms with Gasteiger partial charge in [0, 0.05) is 8.48 Å². The molecule has 0 aromatic heterocycles. The lowest BCUT2D eigenvalue weighted by atomic mass is 10.2. The number of azide groups is 1. The van der Waals surface area contributed by atoms with Crippen LogP contribution in [0.5, 0.6) is 0 Å². The Kier molecular flexibility index (Phi) is 3.87. The van der Waals surface area contributed by atoms with Gasteiger partial charge >= 0.3 is 6.09 Å². The van der Waals surface area contributed by atoms with Crippen LogP contribution in [-0.4, -0.2) is 25.3 Å². The number of halogens is 2. The summed E-state index contributed by atoms with van der Waals surface area (Å²) in [6, 6.07) is 4.06. The van der Waals surface area contributed by atoms with E-state index >= 15 is 0 Å². The molecule has 0 unspecified atom stereocenters. The molecule has 0 N–H and O–H groups in total. The molecule has 1 aromatic rings. The summed E-state index contributed by atoms with van der Waals surface area (Å²) in [6.07, 6.45) is -0.561. The van der Waals surface area contributed by atoms with E-state index in [1.54, 1.807) is 12.1 Å². The van der Waals surface area contributed by atoms with Crippen LogP contribution in [0.15, 0.2) is 23.3 Å². The number of hydrogen-bond donors (Lipinski definition) is 0. The number of nitrogens with zero attached hydrogens (tertiary/aromatic N) is 4. The highest BCUT2D eigenvalue weighted by Crippen LogP contribution is 2.25. The lowest BCUT2D eigenvalue weighted by Gasteiger charge is -2.20. The van der Waals surface area contributed by atoms with Crippen molar-refractivity contribution in [1.82, 2.24) is 0 Å². The predicted molar refractivity (Wildman–Crippen MR) is 70.7 cm³/mol. The van der Waals surface area contributed by atoms with E-state index in [9.17, 15) is 9.18 Å². The van der Waals surface area contributed by atoms with Crippen molar-refractivity contribution in [2.75, 3.05) is 18.1 Å². The van der Waals surface area contributed by atoms with Crippen molar-refractivity contribution in [2.24, 2.45) is 5.11 Å². The van der Waals surface area contributed by atoms with Gasteiger partial charge in [-0.1, -0.05) is 5.11 Å². The van der Waals surface area contributed by atoms with E-state index in [0.29, 0.717) is 9.26 Å². The summed E-state index contributed by atoms with van der Waals surface area (Å²) >= 11 is 1.86. The highest BCUT2D eigenvalue weighted by Gasteiger charge is 2.33. The maximum absolute atomic E-state index is 13.5. The molecule has 1 aliphatic heterocycles. The smallest absolute Gasteiger partial charge is 0.414 e. The van der Waals surface area contributed by atoms with Crippen molar-refractivity contribution in [3.63, 3.8) is 0 Å². The summed E-state index contributed by atoms with van der Waals surface area (Å²) < 4.78 is 18.8. The Morgan fingerprint density at radius 1 is 1.67 bits per heavy atom. The van der Waals surface area contributed by atoms with Gasteiger partial charge in [-0.3, -0.25) is 4.90 Å². The van der Waals surface area contributed by atoms with E-state index in [4.69, 9.17) is 10.3 Å². The van der Waals surface area contributed by atoms with Crippen molar-refractivity contribution in [3.8, 4) is 0 Å². The molecule has 1 heterocycles. The van der Waals surface area contributed by atoms with Crippen LogP contribution in [0.4, 0.5) is 14.9 Å². The first-order valence-corrected chi connectivity index (χ1v) is 6.13. The molecule has 0 saturated carbocycles. The zero-order chi connectivity index (χ0) is 13.1. The van der Waals surface area contributed by atoms with Crippen LogP contribution in [0, 0.1) is 9.39 Å². The number of benzene rings is 1. The van der Waals surface area contributed by atoms with Crippen LogP contribution >= 0.6 is 22.6 Å². The molecule has 94 valence electrons. The molecule has 1 aliphatic rings. The minimum Gasteiger partial charge on any atom is -0.447 e. The van der Waals surface area contributed by atoms with Gasteiger partial charge in [-0.25, -0.2) is 9.18 Å². The number of carbonyl (C=O) groups is 1. The van der Waals surface area contributed by atoms with Gasteiger partial charge in [0.05, 0.1) is 18.3 Å². The molecule has 2 rings (SSSR count). The fraction of sp³-hybridized carbons (Fsp3) is 0.300. The molecule has 6 nitrogen and oxygen atoms in total. The Hall–Kier alpha value is -1.54. The average Bonchev–Trinajstić information content (AvgIpc) is 2.71. The topological polar surface area (TPSA) is 78.3 Å². The van der Waals surface area contributed by atoms with Crippen LogP contribution in [0.25, 0.3) is 10.4 Å². The molecule has 1 amide bonds. The monoisotopic (exact) mass is 362 g/mol. The third kappa shape index (κ3) is 2.49. The SMILES string of the molecule is [N-]=[N+]=NC[C@@H]1COC(=O)N1c1ccc(I)c(F)c1. The summed E-state index contributed by atoms with van der Waals surface area (Å²) in [5, 5.41) is 3.42. The summed E-state index contributed by atoms with van der Waals surface area (Å²) in [6.45, 7) is 0.224. The molecule has 1 atom stereocenters. The zero-order valence-corrected chi connectivity index (χ0v) is 11.2. The number of ether oxygens (including phenoxy) is 1. The minimum absolute atomic E-state index is 0.0931. The van der Waals surface area contributed by atoms with E-state index < -0.39 is 18.0 Å². The lowest BCUT2D eigenvalue weighted by molar-refractivity contribution is 0.179. The molecule has 1 saturated heterocycles. The first-order valence-electron chi connectivity index (χ1n) is 5.05. The zero-order valence-electron chi connectivity index (χ0n) is 9.08. The first kappa shape index (κ1) is 12.9. The quantitative estimate of drug-likeness (QED) is 0.359. The summed E-state index contributed by atoms with van der Waals surface area (Å²) in [4.78, 5) is 15.5. The highest BCUT2D eigenvalue weighted by molar-refractivity contribution is 14.1. The summed E-state index contributed by atoms with van der Waals surface area (Å²) in [7, 11) is 0. The Bertz CT molecular complexity index is 533. The molecule has 1 fully saturated rings. The summed E-state index contributed by atoms with van der Waals surface area (Å²) in [5.74, 6) is -0.407. The minimum atomic E-state index is -0.561. The van der Waals surface area contributed by atoms with E-state index in [-0.39, 0.29) is 13.2 Å². The Balaban J connectivity index is 2.30. The Morgan fingerprint density at radius 2 is 2.44 bits per heavy atom. The third-order valence-electron chi connectivity index (χ3n) is 2.50. The molecule has 8 heteroatoms. The van der Waals surface area contributed by atoms with Crippen LogP contribution in [0.1, 0.15) is 0 Å². The van der Waals surface area contributed by atoms with E-state index in [1.807, 2.05) is 22.6 Å². The Labute approximate surface area is 115 Å². The fourth-order valence-electron chi connectivity index (χ4n) is 1.68. The largest absolute Gasteiger partial charge is 0.447 e. The molecular weight excluding hydrogens is 354 g/mol. The van der Waals surface area contributed by atoms with Gasteiger partial charge in [0.25, 0.3) is 0 Å². The molecule has 0 aliphatic carbocycles. The maximum Gasteiger partial charge on any atom is 0.414 e. The van der Waals surface area contributed by atoms with Gasteiger partial charge in [-0.2, -0.15) is 0 Å². The van der Waals surface area contributed by atoms with Gasteiger partial charge in [0.1, 0.15) is 12.4 Å². The number of cyclic esters (lactones) is 1. The molecule has 18 heavy (non-hydrogen) atoms. The van der Waals surface area contributed by atoms with E-state index in [0.717, 1.165) is 0 Å². The van der Waals surface area contributed by atoms with E-state index in [2.05, 4.69) is 10.0 Å². The van der Waals surface area contributed by atoms with Gasteiger partial charge < -0.3 is 4.74 Å². The number of hydrogen-bond acceptors (Lipinski definition) is 3. The normalized spacial score (nSPS) is 18.4. The second-order valence-corrected chi connectivity index (χ2v) is 4.77. The van der Waals surface area contributed by atoms with Crippen molar-refractivity contribution >= 4 is 34.4 Å². The van der Waals surface area contributed by atoms with Crippen LogP contribution < -0.4 is 4.90 Å². The van der Waals surface area contributed by atoms with Crippen LogP contribution in [-0.2, 0) is 4.74 Å². The van der Waals surface area contributed by atoms with Gasteiger partial charge in [-0.05, 0) is 46.3 Å². The first-order chi connectivity index (χ1) is 8.63. The number of anilines is 1. The second-order valence-electron chi connectivity index (χ2n) is 3.61. The van der Waals surface area contributed by atoms with Gasteiger partial charge in [0.2, 0.25) is 0 Å². The van der Waals surface area contributed by atoms with Crippen molar-refractivity contribution < 1.29 is 13.9 Å².